The van der Waals surface area contributed by atoms with Gasteiger partial charge >= 0.3 is 12.4 Å². The molecule has 4 rings (SSSR count). The molecule has 0 radical (unpaired) electrons. The highest BCUT2D eigenvalue weighted by atomic mass is 19.4. The first kappa shape index (κ1) is 20.8. The van der Waals surface area contributed by atoms with Crippen LogP contribution in [-0.4, -0.2) is 12.4 Å². The van der Waals surface area contributed by atoms with Gasteiger partial charge in [0.25, 0.3) is 0 Å². The average molecular weight is 426 g/mol. The fourth-order valence-electron chi connectivity index (χ4n) is 3.81. The molecule has 1 saturated carbocycles. The summed E-state index contributed by atoms with van der Waals surface area (Å²) in [5.74, 6) is 0.285. The lowest BCUT2D eigenvalue weighted by Crippen LogP contribution is -2.34. The normalized spacial score (nSPS) is 18.7. The number of alkyl halides is 3. The number of hydrogen-bond acceptors (Lipinski definition) is 2. The Morgan fingerprint density at radius 1 is 0.903 bits per heavy atom. The molecular formula is C24H21F3N2O2. The van der Waals surface area contributed by atoms with Crippen LogP contribution in [0.15, 0.2) is 84.9 Å². The first-order valence-corrected chi connectivity index (χ1v) is 9.92. The molecule has 2 N–H and O–H groups in total. The Labute approximate surface area is 178 Å². The third-order valence-electron chi connectivity index (χ3n) is 5.29. The van der Waals surface area contributed by atoms with E-state index in [4.69, 9.17) is 0 Å². The highest BCUT2D eigenvalue weighted by Crippen LogP contribution is 2.54. The number of carbonyl (C=O) groups excluding carboxylic acids is 1. The van der Waals surface area contributed by atoms with E-state index in [1.165, 1.54) is 17.7 Å². The lowest BCUT2D eigenvalue weighted by Gasteiger charge is -2.20. The maximum Gasteiger partial charge on any atom is 0.573 e. The lowest BCUT2D eigenvalue weighted by atomic mass is 9.99. The van der Waals surface area contributed by atoms with Crippen molar-refractivity contribution in [1.29, 1.82) is 0 Å². The molecule has 1 aliphatic rings. The van der Waals surface area contributed by atoms with Gasteiger partial charge in [-0.25, -0.2) is 4.79 Å². The van der Waals surface area contributed by atoms with Crippen LogP contribution in [0, 0.1) is 5.92 Å². The first-order valence-electron chi connectivity index (χ1n) is 9.92. The maximum atomic E-state index is 12.7. The Balaban J connectivity index is 1.43. The van der Waals surface area contributed by atoms with E-state index in [2.05, 4.69) is 27.5 Å². The molecule has 1 fully saturated rings. The van der Waals surface area contributed by atoms with Crippen molar-refractivity contribution >= 4 is 11.7 Å². The van der Waals surface area contributed by atoms with Crippen molar-refractivity contribution in [3.05, 3.63) is 96.1 Å². The van der Waals surface area contributed by atoms with Crippen molar-refractivity contribution in [2.24, 2.45) is 5.92 Å². The second-order valence-corrected chi connectivity index (χ2v) is 7.48. The number of anilines is 1. The molecule has 4 nitrogen and oxygen atoms in total. The minimum Gasteiger partial charge on any atom is -0.406 e. The number of urea groups is 1. The summed E-state index contributed by atoms with van der Waals surface area (Å²) < 4.78 is 40.7. The van der Waals surface area contributed by atoms with Crippen molar-refractivity contribution in [1.82, 2.24) is 5.32 Å². The predicted molar refractivity (Wildman–Crippen MR) is 112 cm³/mol. The Kier molecular flexibility index (Phi) is 5.84. The van der Waals surface area contributed by atoms with Gasteiger partial charge < -0.3 is 15.4 Å². The second kappa shape index (κ2) is 8.71. The zero-order valence-corrected chi connectivity index (χ0v) is 16.5. The van der Waals surface area contributed by atoms with Crippen molar-refractivity contribution < 1.29 is 22.7 Å². The van der Waals surface area contributed by atoms with Crippen molar-refractivity contribution in [3.63, 3.8) is 0 Å². The highest BCUT2D eigenvalue weighted by Gasteiger charge is 2.45. The van der Waals surface area contributed by atoms with E-state index < -0.39 is 12.4 Å². The third kappa shape index (κ3) is 5.57. The van der Waals surface area contributed by atoms with Crippen LogP contribution in [0.1, 0.15) is 29.5 Å². The summed E-state index contributed by atoms with van der Waals surface area (Å²) in [4.78, 5) is 12.7. The van der Waals surface area contributed by atoms with Crippen LogP contribution in [0.25, 0.3) is 0 Å². The Hall–Kier alpha value is -3.48. The van der Waals surface area contributed by atoms with E-state index in [1.54, 1.807) is 0 Å². The molecule has 3 aromatic rings. The number of hydrogen-bond donors (Lipinski definition) is 2. The molecule has 3 atom stereocenters. The summed E-state index contributed by atoms with van der Waals surface area (Å²) in [6.07, 6.45) is -3.79. The van der Waals surface area contributed by atoms with Gasteiger partial charge in [0.15, 0.2) is 0 Å². The van der Waals surface area contributed by atoms with E-state index in [-0.39, 0.29) is 17.7 Å². The molecule has 0 heterocycles. The molecule has 0 bridgehead atoms. The largest absolute Gasteiger partial charge is 0.573 e. The fourth-order valence-corrected chi connectivity index (χ4v) is 3.81. The molecule has 0 spiro atoms. The molecule has 0 aromatic heterocycles. The number of amides is 2. The first-order chi connectivity index (χ1) is 14.9. The minimum atomic E-state index is -4.76. The van der Waals surface area contributed by atoms with E-state index in [0.29, 0.717) is 11.6 Å². The van der Waals surface area contributed by atoms with Crippen LogP contribution in [0.4, 0.5) is 23.7 Å². The molecule has 2 amide bonds. The number of halogens is 3. The molecule has 0 aliphatic heterocycles. The van der Waals surface area contributed by atoms with Gasteiger partial charge in [0.1, 0.15) is 5.75 Å². The van der Waals surface area contributed by atoms with Gasteiger partial charge in [0.05, 0.1) is 6.04 Å². The van der Waals surface area contributed by atoms with Gasteiger partial charge in [-0.05, 0) is 53.6 Å². The van der Waals surface area contributed by atoms with Crippen molar-refractivity contribution in [2.75, 3.05) is 5.32 Å². The van der Waals surface area contributed by atoms with E-state index in [0.717, 1.165) is 24.1 Å². The quantitative estimate of drug-likeness (QED) is 0.489. The molecule has 3 unspecified atom stereocenters. The van der Waals surface area contributed by atoms with Crippen LogP contribution in [0.3, 0.4) is 0 Å². The van der Waals surface area contributed by atoms with E-state index in [9.17, 15) is 18.0 Å². The zero-order valence-electron chi connectivity index (χ0n) is 16.5. The molecule has 3 aromatic carbocycles. The van der Waals surface area contributed by atoms with Gasteiger partial charge in [-0.2, -0.15) is 0 Å². The molecule has 7 heteroatoms. The van der Waals surface area contributed by atoms with Gasteiger partial charge in [0, 0.05) is 5.69 Å². The number of carbonyl (C=O) groups is 1. The summed E-state index contributed by atoms with van der Waals surface area (Å²) in [6.45, 7) is 0. The van der Waals surface area contributed by atoms with Crippen molar-refractivity contribution in [2.45, 2.75) is 24.7 Å². The topological polar surface area (TPSA) is 50.4 Å². The summed E-state index contributed by atoms with van der Waals surface area (Å²) in [7, 11) is 0. The average Bonchev–Trinajstić information content (AvgIpc) is 3.54. The number of ether oxygens (including phenoxy) is 1. The molecule has 31 heavy (non-hydrogen) atoms. The van der Waals surface area contributed by atoms with Crippen LogP contribution < -0.4 is 15.4 Å². The SMILES string of the molecule is O=C(Nc1ccc(OC(F)(F)F)cc1)NC(c1ccccc1)C1CC1c1ccccc1. The molecule has 0 saturated heterocycles. The zero-order chi connectivity index (χ0) is 21.8. The molecule has 160 valence electrons. The highest BCUT2D eigenvalue weighted by molar-refractivity contribution is 5.89. The van der Waals surface area contributed by atoms with Gasteiger partial charge in [0.2, 0.25) is 0 Å². The van der Waals surface area contributed by atoms with Crippen LogP contribution in [0.5, 0.6) is 5.75 Å². The third-order valence-corrected chi connectivity index (χ3v) is 5.29. The number of benzene rings is 3. The number of rotatable bonds is 6. The summed E-state index contributed by atoms with van der Waals surface area (Å²) in [5, 5.41) is 5.72. The predicted octanol–water partition coefficient (Wildman–Crippen LogP) is 6.25. The van der Waals surface area contributed by atoms with E-state index in [1.807, 2.05) is 48.5 Å². The van der Waals surface area contributed by atoms with Crippen LogP contribution in [-0.2, 0) is 0 Å². The van der Waals surface area contributed by atoms with E-state index >= 15 is 0 Å². The number of nitrogens with one attached hydrogen (secondary N) is 2. The van der Waals surface area contributed by atoms with Gasteiger partial charge in [-0.3, -0.25) is 0 Å². The fraction of sp³-hybridized carbons (Fsp3) is 0.208. The lowest BCUT2D eigenvalue weighted by molar-refractivity contribution is -0.274. The molecular weight excluding hydrogens is 405 g/mol. The summed E-state index contributed by atoms with van der Waals surface area (Å²) >= 11 is 0. The smallest absolute Gasteiger partial charge is 0.406 e. The van der Waals surface area contributed by atoms with Crippen LogP contribution in [0.2, 0.25) is 0 Å². The Bertz CT molecular complexity index is 1010. The maximum absolute atomic E-state index is 12.7. The second-order valence-electron chi connectivity index (χ2n) is 7.48. The van der Waals surface area contributed by atoms with Crippen LogP contribution >= 0.6 is 0 Å². The standard InChI is InChI=1S/C24H21F3N2O2/c25-24(26,27)31-19-13-11-18(12-14-19)28-23(30)29-22(17-9-5-2-6-10-17)21-15-20(21)16-7-3-1-4-8-16/h1-14,20-22H,15H2,(H2,28,29,30). The summed E-state index contributed by atoms with van der Waals surface area (Å²) in [6, 6.07) is 24.4. The monoisotopic (exact) mass is 426 g/mol. The Morgan fingerprint density at radius 2 is 1.52 bits per heavy atom. The van der Waals surface area contributed by atoms with Crippen molar-refractivity contribution in [3.8, 4) is 5.75 Å². The summed E-state index contributed by atoms with van der Waals surface area (Å²) in [5.41, 5.74) is 2.63. The molecule has 1 aliphatic carbocycles. The minimum absolute atomic E-state index is 0.181. The van der Waals surface area contributed by atoms with Gasteiger partial charge in [-0.1, -0.05) is 60.7 Å². The Morgan fingerprint density at radius 3 is 2.13 bits per heavy atom. The van der Waals surface area contributed by atoms with Gasteiger partial charge in [-0.15, -0.1) is 13.2 Å².